The second-order valence-electron chi connectivity index (χ2n) is 5.61. The van der Waals surface area contributed by atoms with Gasteiger partial charge in [0, 0.05) is 25.5 Å². The standard InChI is InChI=1S/C18H21N3O2/c22-18(20-13-16-7-4-12-23-16)21-17(14-5-2-1-3-6-14)15-8-10-19-11-9-15/h1-3,5-6,8-11,16-17H,4,7,12-13H2,(H2,20,21,22)/t16-,17-/m0/s1. The summed E-state index contributed by atoms with van der Waals surface area (Å²) in [6, 6.07) is 13.3. The quantitative estimate of drug-likeness (QED) is 0.892. The zero-order valence-corrected chi connectivity index (χ0v) is 12.9. The topological polar surface area (TPSA) is 63.2 Å². The summed E-state index contributed by atoms with van der Waals surface area (Å²) in [5.74, 6) is 0. The lowest BCUT2D eigenvalue weighted by Crippen LogP contribution is -2.41. The molecule has 23 heavy (non-hydrogen) atoms. The lowest BCUT2D eigenvalue weighted by Gasteiger charge is -2.20. The van der Waals surface area contributed by atoms with Crippen LogP contribution in [0, 0.1) is 0 Å². The third kappa shape index (κ3) is 4.29. The van der Waals surface area contributed by atoms with E-state index in [0.29, 0.717) is 6.54 Å². The first-order valence-corrected chi connectivity index (χ1v) is 7.94. The molecule has 0 aliphatic carbocycles. The maximum Gasteiger partial charge on any atom is 0.315 e. The summed E-state index contributed by atoms with van der Waals surface area (Å²) in [6.07, 6.45) is 5.68. The van der Waals surface area contributed by atoms with Crippen LogP contribution in [-0.4, -0.2) is 30.3 Å². The molecule has 5 nitrogen and oxygen atoms in total. The van der Waals surface area contributed by atoms with Crippen LogP contribution >= 0.6 is 0 Å². The number of hydrogen-bond acceptors (Lipinski definition) is 3. The van der Waals surface area contributed by atoms with Crippen molar-refractivity contribution in [2.75, 3.05) is 13.2 Å². The lowest BCUT2D eigenvalue weighted by molar-refractivity contribution is 0.111. The Morgan fingerprint density at radius 1 is 1.17 bits per heavy atom. The van der Waals surface area contributed by atoms with Gasteiger partial charge in [0.15, 0.2) is 0 Å². The Hall–Kier alpha value is -2.40. The first-order chi connectivity index (χ1) is 11.3. The Kier molecular flexibility index (Phi) is 5.21. The number of urea groups is 1. The van der Waals surface area contributed by atoms with Gasteiger partial charge in [-0.1, -0.05) is 30.3 Å². The van der Waals surface area contributed by atoms with Crippen molar-refractivity contribution in [2.24, 2.45) is 0 Å². The van der Waals surface area contributed by atoms with Gasteiger partial charge in [-0.25, -0.2) is 4.79 Å². The van der Waals surface area contributed by atoms with Crippen molar-refractivity contribution < 1.29 is 9.53 Å². The number of hydrogen-bond donors (Lipinski definition) is 2. The number of amides is 2. The number of nitrogens with one attached hydrogen (secondary N) is 2. The molecule has 1 aliphatic rings. The molecule has 0 spiro atoms. The van der Waals surface area contributed by atoms with E-state index in [1.807, 2.05) is 42.5 Å². The van der Waals surface area contributed by atoms with Crippen LogP contribution in [0.15, 0.2) is 54.9 Å². The zero-order valence-electron chi connectivity index (χ0n) is 12.9. The van der Waals surface area contributed by atoms with E-state index in [-0.39, 0.29) is 18.2 Å². The molecule has 2 N–H and O–H groups in total. The summed E-state index contributed by atoms with van der Waals surface area (Å²) in [6.45, 7) is 1.33. The second-order valence-corrected chi connectivity index (χ2v) is 5.61. The summed E-state index contributed by atoms with van der Waals surface area (Å²) in [5, 5.41) is 5.94. The predicted octanol–water partition coefficient (Wildman–Crippen LogP) is 2.65. The minimum absolute atomic E-state index is 0.136. The molecule has 1 saturated heterocycles. The molecule has 120 valence electrons. The highest BCUT2D eigenvalue weighted by Gasteiger charge is 2.19. The van der Waals surface area contributed by atoms with Crippen molar-refractivity contribution in [3.63, 3.8) is 0 Å². The largest absolute Gasteiger partial charge is 0.376 e. The Morgan fingerprint density at radius 3 is 2.61 bits per heavy atom. The summed E-state index contributed by atoms with van der Waals surface area (Å²) in [4.78, 5) is 16.3. The Bertz CT molecular complexity index is 573. The molecule has 1 aromatic heterocycles. The highest BCUT2D eigenvalue weighted by atomic mass is 16.5. The molecule has 1 aliphatic heterocycles. The highest BCUT2D eigenvalue weighted by Crippen LogP contribution is 2.21. The van der Waals surface area contributed by atoms with Gasteiger partial charge in [0.05, 0.1) is 12.1 Å². The van der Waals surface area contributed by atoms with Gasteiger partial charge in [0.1, 0.15) is 0 Å². The monoisotopic (exact) mass is 311 g/mol. The number of carbonyl (C=O) groups is 1. The summed E-state index contributed by atoms with van der Waals surface area (Å²) >= 11 is 0. The Morgan fingerprint density at radius 2 is 1.91 bits per heavy atom. The smallest absolute Gasteiger partial charge is 0.315 e. The van der Waals surface area contributed by atoms with Gasteiger partial charge in [0.25, 0.3) is 0 Å². The summed E-state index contributed by atoms with van der Waals surface area (Å²) < 4.78 is 5.53. The average molecular weight is 311 g/mol. The molecular weight excluding hydrogens is 290 g/mol. The van der Waals surface area contributed by atoms with Crippen molar-refractivity contribution in [3.8, 4) is 0 Å². The zero-order chi connectivity index (χ0) is 15.9. The molecule has 1 fully saturated rings. The first kappa shape index (κ1) is 15.5. The minimum atomic E-state index is -0.205. The maximum atomic E-state index is 12.3. The molecule has 5 heteroatoms. The Balaban J connectivity index is 1.67. The number of pyridine rings is 1. The molecule has 0 radical (unpaired) electrons. The van der Waals surface area contributed by atoms with Crippen molar-refractivity contribution in [2.45, 2.75) is 25.0 Å². The molecule has 2 aromatic rings. The number of benzene rings is 1. The van der Waals surface area contributed by atoms with Gasteiger partial charge >= 0.3 is 6.03 Å². The molecule has 1 aromatic carbocycles. The minimum Gasteiger partial charge on any atom is -0.376 e. The number of aromatic nitrogens is 1. The van der Waals surface area contributed by atoms with E-state index >= 15 is 0 Å². The summed E-state index contributed by atoms with van der Waals surface area (Å²) in [7, 11) is 0. The lowest BCUT2D eigenvalue weighted by atomic mass is 10.00. The van der Waals surface area contributed by atoms with Crippen molar-refractivity contribution in [1.29, 1.82) is 0 Å². The van der Waals surface area contributed by atoms with Gasteiger partial charge in [0.2, 0.25) is 0 Å². The molecular formula is C18H21N3O2. The predicted molar refractivity (Wildman–Crippen MR) is 88.0 cm³/mol. The van der Waals surface area contributed by atoms with Crippen LogP contribution in [0.3, 0.4) is 0 Å². The van der Waals surface area contributed by atoms with Crippen molar-refractivity contribution in [3.05, 3.63) is 66.0 Å². The fraction of sp³-hybridized carbons (Fsp3) is 0.333. The van der Waals surface area contributed by atoms with E-state index < -0.39 is 0 Å². The molecule has 0 unspecified atom stereocenters. The Labute approximate surface area is 136 Å². The third-order valence-electron chi connectivity index (χ3n) is 3.96. The third-order valence-corrected chi connectivity index (χ3v) is 3.96. The van der Waals surface area contributed by atoms with Crippen LogP contribution in [0.1, 0.15) is 30.0 Å². The molecule has 2 heterocycles. The maximum absolute atomic E-state index is 12.3. The fourth-order valence-corrected chi connectivity index (χ4v) is 2.75. The molecule has 0 bridgehead atoms. The van der Waals surface area contributed by atoms with Gasteiger partial charge in [-0.05, 0) is 36.1 Å². The molecule has 2 atom stereocenters. The van der Waals surface area contributed by atoms with Gasteiger partial charge in [-0.2, -0.15) is 0 Å². The highest BCUT2D eigenvalue weighted by molar-refractivity contribution is 5.75. The fourth-order valence-electron chi connectivity index (χ4n) is 2.75. The van der Waals surface area contributed by atoms with Crippen molar-refractivity contribution in [1.82, 2.24) is 15.6 Å². The van der Waals surface area contributed by atoms with Crippen LogP contribution in [-0.2, 0) is 4.74 Å². The van der Waals surface area contributed by atoms with Crippen LogP contribution in [0.4, 0.5) is 4.79 Å². The van der Waals surface area contributed by atoms with Crippen molar-refractivity contribution >= 4 is 6.03 Å². The number of carbonyl (C=O) groups excluding carboxylic acids is 1. The van der Waals surface area contributed by atoms with E-state index in [9.17, 15) is 4.79 Å². The number of rotatable bonds is 5. The van der Waals surface area contributed by atoms with E-state index in [4.69, 9.17) is 4.74 Å². The van der Waals surface area contributed by atoms with Gasteiger partial charge in [-0.15, -0.1) is 0 Å². The van der Waals surface area contributed by atoms with Crippen LogP contribution in [0.25, 0.3) is 0 Å². The summed E-state index contributed by atoms with van der Waals surface area (Å²) in [5.41, 5.74) is 2.03. The van der Waals surface area contributed by atoms with E-state index in [2.05, 4.69) is 15.6 Å². The SMILES string of the molecule is O=C(NC[C@@H]1CCCO1)N[C@@H](c1ccccc1)c1ccncc1. The first-order valence-electron chi connectivity index (χ1n) is 7.94. The second kappa shape index (κ2) is 7.74. The molecule has 3 rings (SSSR count). The number of nitrogens with zero attached hydrogens (tertiary/aromatic N) is 1. The van der Waals surface area contributed by atoms with Crippen LogP contribution in [0.5, 0.6) is 0 Å². The van der Waals surface area contributed by atoms with Crippen LogP contribution < -0.4 is 10.6 Å². The molecule has 2 amide bonds. The molecule has 0 saturated carbocycles. The van der Waals surface area contributed by atoms with Gasteiger partial charge < -0.3 is 15.4 Å². The normalized spacial score (nSPS) is 18.3. The number of ether oxygens (including phenoxy) is 1. The van der Waals surface area contributed by atoms with E-state index in [0.717, 1.165) is 30.6 Å². The van der Waals surface area contributed by atoms with Crippen LogP contribution in [0.2, 0.25) is 0 Å². The van der Waals surface area contributed by atoms with Gasteiger partial charge in [-0.3, -0.25) is 4.98 Å². The van der Waals surface area contributed by atoms with E-state index in [1.54, 1.807) is 12.4 Å². The average Bonchev–Trinajstić information content (AvgIpc) is 3.13. The van der Waals surface area contributed by atoms with E-state index in [1.165, 1.54) is 0 Å².